The van der Waals surface area contributed by atoms with Gasteiger partial charge in [-0.2, -0.15) is 0 Å². The Morgan fingerprint density at radius 1 is 0.700 bits per heavy atom. The molecule has 0 aliphatic heterocycles. The van der Waals surface area contributed by atoms with Crippen LogP contribution in [0.5, 0.6) is 0 Å². The average molecular weight is 284 g/mol. The fourth-order valence-corrected chi connectivity index (χ4v) is 1.92. The summed E-state index contributed by atoms with van der Waals surface area (Å²) in [6.07, 6.45) is 3.51. The second-order valence-corrected chi connectivity index (χ2v) is 4.15. The monoisotopic (exact) mass is 283 g/mol. The van der Waals surface area contributed by atoms with Gasteiger partial charge in [-0.25, -0.2) is 0 Å². The first kappa shape index (κ1) is 14.1. The van der Waals surface area contributed by atoms with Crippen molar-refractivity contribution in [2.75, 3.05) is 0 Å². The molecule has 20 heavy (non-hydrogen) atoms. The molecule has 0 spiro atoms. The number of fused-ring (bicyclic) bond motifs is 2. The van der Waals surface area contributed by atoms with Crippen LogP contribution in [0.1, 0.15) is 0 Å². The largest absolute Gasteiger partial charge is 0.464 e. The second kappa shape index (κ2) is 6.73. The van der Waals surface area contributed by atoms with Crippen molar-refractivity contribution < 1.29 is 4.42 Å². The van der Waals surface area contributed by atoms with Gasteiger partial charge >= 0.3 is 0 Å². The van der Waals surface area contributed by atoms with E-state index >= 15 is 0 Å². The zero-order valence-electron chi connectivity index (χ0n) is 10.8. The summed E-state index contributed by atoms with van der Waals surface area (Å²) in [5.41, 5.74) is 2.02. The van der Waals surface area contributed by atoms with Crippen LogP contribution >= 0.6 is 12.4 Å². The van der Waals surface area contributed by atoms with E-state index in [1.165, 1.54) is 5.39 Å². The number of nitrogens with zero attached hydrogens (tertiary/aromatic N) is 1. The molecule has 100 valence electrons. The molecule has 0 fully saturated rings. The topological polar surface area (TPSA) is 26.0 Å². The summed E-state index contributed by atoms with van der Waals surface area (Å²) in [5, 5.41) is 2.36. The van der Waals surface area contributed by atoms with E-state index in [2.05, 4.69) is 17.1 Å². The maximum absolute atomic E-state index is 5.12. The summed E-state index contributed by atoms with van der Waals surface area (Å²) in [6, 6.07) is 22.0. The van der Waals surface area contributed by atoms with Crippen LogP contribution in [-0.2, 0) is 0 Å². The smallest absolute Gasteiger partial charge is 0.133 e. The lowest BCUT2D eigenvalue weighted by atomic mass is 10.2. The second-order valence-electron chi connectivity index (χ2n) is 4.15. The molecule has 0 atom stereocenters. The van der Waals surface area contributed by atoms with Crippen molar-refractivity contribution in [3.05, 3.63) is 79.2 Å². The third-order valence-corrected chi connectivity index (χ3v) is 2.87. The minimum absolute atomic E-state index is 0. The molecular formula is C17H14ClNO. The van der Waals surface area contributed by atoms with E-state index < -0.39 is 0 Å². The third kappa shape index (κ3) is 3.16. The quantitative estimate of drug-likeness (QED) is 0.449. The van der Waals surface area contributed by atoms with Crippen molar-refractivity contribution in [2.24, 2.45) is 0 Å². The highest BCUT2D eigenvalue weighted by Crippen LogP contribution is 2.12. The number of rotatable bonds is 0. The van der Waals surface area contributed by atoms with E-state index in [1.54, 1.807) is 6.26 Å². The molecule has 0 unspecified atom stereocenters. The highest BCUT2D eigenvalue weighted by Gasteiger charge is 1.89. The molecule has 3 heteroatoms. The molecule has 0 saturated carbocycles. The molecular weight excluding hydrogens is 270 g/mol. The Labute approximate surface area is 123 Å². The third-order valence-electron chi connectivity index (χ3n) is 2.87. The summed E-state index contributed by atoms with van der Waals surface area (Å²) in [5.74, 6) is 0. The van der Waals surface area contributed by atoms with E-state index in [0.29, 0.717) is 0 Å². The van der Waals surface area contributed by atoms with Gasteiger partial charge in [0.15, 0.2) is 0 Å². The molecule has 2 aromatic carbocycles. The maximum Gasteiger partial charge on any atom is 0.133 e. The van der Waals surface area contributed by atoms with E-state index in [0.717, 1.165) is 16.5 Å². The SMILES string of the molecule is Cl.c1ccc2ncccc2c1.c1ccc2occc2c1. The summed E-state index contributed by atoms with van der Waals surface area (Å²) in [6.45, 7) is 0. The van der Waals surface area contributed by atoms with Gasteiger partial charge in [0.25, 0.3) is 0 Å². The molecule has 2 aromatic heterocycles. The van der Waals surface area contributed by atoms with Gasteiger partial charge in [0.2, 0.25) is 0 Å². The number of benzene rings is 2. The van der Waals surface area contributed by atoms with Gasteiger partial charge < -0.3 is 4.42 Å². The number of hydrogen-bond acceptors (Lipinski definition) is 2. The van der Waals surface area contributed by atoms with Crippen LogP contribution in [0.15, 0.2) is 83.6 Å². The Balaban J connectivity index is 0.000000141. The number of hydrogen-bond donors (Lipinski definition) is 0. The van der Waals surface area contributed by atoms with Gasteiger partial charge in [-0.1, -0.05) is 42.5 Å². The summed E-state index contributed by atoms with van der Waals surface area (Å²) >= 11 is 0. The number of para-hydroxylation sites is 2. The van der Waals surface area contributed by atoms with E-state index in [1.807, 2.05) is 60.8 Å². The summed E-state index contributed by atoms with van der Waals surface area (Å²) in [4.78, 5) is 4.18. The zero-order chi connectivity index (χ0) is 12.9. The number of halogens is 1. The molecule has 0 bridgehead atoms. The van der Waals surface area contributed by atoms with Gasteiger partial charge in [0.05, 0.1) is 11.8 Å². The van der Waals surface area contributed by atoms with Crippen LogP contribution in [0.3, 0.4) is 0 Å². The first-order chi connectivity index (χ1) is 9.43. The highest BCUT2D eigenvalue weighted by molar-refractivity contribution is 5.85. The van der Waals surface area contributed by atoms with Crippen LogP contribution in [0.25, 0.3) is 21.9 Å². The lowest BCUT2D eigenvalue weighted by Crippen LogP contribution is -1.73. The molecule has 2 heterocycles. The van der Waals surface area contributed by atoms with Crippen LogP contribution in [0.2, 0.25) is 0 Å². The standard InChI is InChI=1S/C9H7N.C8H6O.ClH/c1-2-6-9-8(4-1)5-3-7-10-9;1-2-4-8-7(3-1)5-6-9-8;/h1-7H;1-6H;1H. The Morgan fingerprint density at radius 3 is 2.20 bits per heavy atom. The van der Waals surface area contributed by atoms with E-state index in [4.69, 9.17) is 4.42 Å². The Hall–Kier alpha value is -2.32. The molecule has 0 amide bonds. The fraction of sp³-hybridized carbons (Fsp3) is 0. The van der Waals surface area contributed by atoms with Gasteiger partial charge in [-0.05, 0) is 24.3 Å². The summed E-state index contributed by atoms with van der Waals surface area (Å²) in [7, 11) is 0. The molecule has 0 radical (unpaired) electrons. The Morgan fingerprint density at radius 2 is 1.40 bits per heavy atom. The van der Waals surface area contributed by atoms with Crippen molar-refractivity contribution >= 4 is 34.3 Å². The number of pyridine rings is 1. The summed E-state index contributed by atoms with van der Waals surface area (Å²) < 4.78 is 5.12. The van der Waals surface area contributed by atoms with E-state index in [-0.39, 0.29) is 12.4 Å². The molecule has 2 nitrogen and oxygen atoms in total. The minimum atomic E-state index is 0. The highest BCUT2D eigenvalue weighted by atomic mass is 35.5. The lowest BCUT2D eigenvalue weighted by molar-refractivity contribution is 0.616. The van der Waals surface area contributed by atoms with Gasteiger partial charge in [0.1, 0.15) is 5.58 Å². The number of furan rings is 1. The maximum atomic E-state index is 5.12. The molecule has 4 aromatic rings. The van der Waals surface area contributed by atoms with Crippen LogP contribution in [-0.4, -0.2) is 4.98 Å². The van der Waals surface area contributed by atoms with Crippen molar-refractivity contribution in [1.29, 1.82) is 0 Å². The van der Waals surface area contributed by atoms with Gasteiger partial charge in [-0.3, -0.25) is 4.98 Å². The molecule has 0 aliphatic rings. The molecule has 0 aliphatic carbocycles. The van der Waals surface area contributed by atoms with Gasteiger partial charge in [-0.15, -0.1) is 12.4 Å². The van der Waals surface area contributed by atoms with Crippen molar-refractivity contribution in [3.8, 4) is 0 Å². The lowest BCUT2D eigenvalue weighted by Gasteiger charge is -1.91. The van der Waals surface area contributed by atoms with Crippen LogP contribution < -0.4 is 0 Å². The normalized spacial score (nSPS) is 9.60. The molecule has 4 rings (SSSR count). The minimum Gasteiger partial charge on any atom is -0.464 e. The Bertz CT molecular complexity index is 699. The Kier molecular flexibility index (Phi) is 4.75. The van der Waals surface area contributed by atoms with Crippen LogP contribution in [0, 0.1) is 0 Å². The average Bonchev–Trinajstić information content (AvgIpc) is 2.96. The molecule has 0 N–H and O–H groups in total. The fourth-order valence-electron chi connectivity index (χ4n) is 1.92. The van der Waals surface area contributed by atoms with E-state index in [9.17, 15) is 0 Å². The van der Waals surface area contributed by atoms with Crippen molar-refractivity contribution in [3.63, 3.8) is 0 Å². The number of aromatic nitrogens is 1. The van der Waals surface area contributed by atoms with Crippen molar-refractivity contribution in [2.45, 2.75) is 0 Å². The first-order valence-corrected chi connectivity index (χ1v) is 6.15. The van der Waals surface area contributed by atoms with Crippen molar-refractivity contribution in [1.82, 2.24) is 4.98 Å². The zero-order valence-corrected chi connectivity index (χ0v) is 11.6. The molecule has 0 saturated heterocycles. The van der Waals surface area contributed by atoms with Gasteiger partial charge in [0, 0.05) is 17.0 Å². The predicted octanol–water partition coefficient (Wildman–Crippen LogP) is 5.09. The first-order valence-electron chi connectivity index (χ1n) is 6.15. The predicted molar refractivity (Wildman–Crippen MR) is 85.2 cm³/mol. The van der Waals surface area contributed by atoms with Crippen LogP contribution in [0.4, 0.5) is 0 Å².